The van der Waals surface area contributed by atoms with Gasteiger partial charge in [-0.2, -0.15) is 0 Å². The maximum absolute atomic E-state index is 14.7. The summed E-state index contributed by atoms with van der Waals surface area (Å²) >= 11 is 0. The van der Waals surface area contributed by atoms with Crippen molar-refractivity contribution in [3.8, 4) is 0 Å². The number of sulfone groups is 1. The van der Waals surface area contributed by atoms with Gasteiger partial charge in [-0.05, 0) is 50.3 Å². The number of ether oxygens (including phenoxy) is 1. The van der Waals surface area contributed by atoms with Gasteiger partial charge in [-0.1, -0.05) is 0 Å². The lowest BCUT2D eigenvalue weighted by atomic mass is 9.92. The third-order valence-electron chi connectivity index (χ3n) is 5.89. The number of nitrogens with two attached hydrogens (primary N) is 1. The van der Waals surface area contributed by atoms with E-state index in [0.29, 0.717) is 24.6 Å². The lowest BCUT2D eigenvalue weighted by Crippen LogP contribution is -2.58. The van der Waals surface area contributed by atoms with Crippen LogP contribution in [0.25, 0.3) is 0 Å². The summed E-state index contributed by atoms with van der Waals surface area (Å²) in [6.07, 6.45) is 2.79. The zero-order chi connectivity index (χ0) is 20.2. The second-order valence-electron chi connectivity index (χ2n) is 8.22. The van der Waals surface area contributed by atoms with Gasteiger partial charge >= 0.3 is 0 Å². The third-order valence-corrected chi connectivity index (χ3v) is 8.55. The van der Waals surface area contributed by atoms with Crippen molar-refractivity contribution < 1.29 is 22.3 Å². The predicted molar refractivity (Wildman–Crippen MR) is 103 cm³/mol. The maximum Gasteiger partial charge on any atom is 0.224 e. The van der Waals surface area contributed by atoms with Crippen LogP contribution >= 0.6 is 0 Å². The molecule has 0 bridgehead atoms. The molecule has 4 rings (SSSR count). The van der Waals surface area contributed by atoms with Crippen molar-refractivity contribution in [2.45, 2.75) is 42.9 Å². The number of hydrogen-bond acceptors (Lipinski definition) is 6. The van der Waals surface area contributed by atoms with E-state index in [1.54, 1.807) is 6.92 Å². The first kappa shape index (κ1) is 19.3. The minimum atomic E-state index is -3.72. The molecule has 1 saturated carbocycles. The van der Waals surface area contributed by atoms with Crippen molar-refractivity contribution >= 4 is 27.3 Å². The monoisotopic (exact) mass is 409 g/mol. The van der Waals surface area contributed by atoms with Crippen molar-refractivity contribution in [1.29, 1.82) is 0 Å². The Balaban J connectivity index is 1.68. The molecule has 3 aliphatic rings. The normalized spacial score (nSPS) is 31.6. The number of aliphatic imine (C=N–C) groups is 1. The van der Waals surface area contributed by atoms with Gasteiger partial charge < -0.3 is 15.8 Å². The van der Waals surface area contributed by atoms with E-state index < -0.39 is 25.9 Å². The fourth-order valence-electron chi connectivity index (χ4n) is 4.01. The van der Waals surface area contributed by atoms with E-state index in [0.717, 1.165) is 12.8 Å². The van der Waals surface area contributed by atoms with E-state index >= 15 is 0 Å². The Kier molecular flexibility index (Phi) is 4.50. The first-order chi connectivity index (χ1) is 13.2. The van der Waals surface area contributed by atoms with E-state index in [4.69, 9.17) is 10.5 Å². The number of nitrogens with zero attached hydrogens (tertiary/aromatic N) is 1. The fourth-order valence-corrected chi connectivity index (χ4v) is 6.27. The molecule has 1 aromatic rings. The summed E-state index contributed by atoms with van der Waals surface area (Å²) in [5.74, 6) is -0.712. The van der Waals surface area contributed by atoms with Crippen LogP contribution in [0.1, 0.15) is 38.2 Å². The Morgan fingerprint density at radius 3 is 2.79 bits per heavy atom. The van der Waals surface area contributed by atoms with E-state index in [1.165, 1.54) is 18.2 Å². The van der Waals surface area contributed by atoms with Crippen molar-refractivity contribution in [3.63, 3.8) is 0 Å². The molecule has 1 saturated heterocycles. The Labute approximate surface area is 163 Å². The smallest absolute Gasteiger partial charge is 0.224 e. The first-order valence-corrected chi connectivity index (χ1v) is 11.1. The van der Waals surface area contributed by atoms with Gasteiger partial charge in [0, 0.05) is 24.3 Å². The van der Waals surface area contributed by atoms with Crippen molar-refractivity contribution in [1.82, 2.24) is 0 Å². The highest BCUT2D eigenvalue weighted by Crippen LogP contribution is 2.42. The molecule has 2 heterocycles. The van der Waals surface area contributed by atoms with Crippen molar-refractivity contribution in [2.24, 2.45) is 16.6 Å². The third kappa shape index (κ3) is 3.20. The van der Waals surface area contributed by atoms with Crippen LogP contribution in [0.5, 0.6) is 0 Å². The molecule has 2 atom stereocenters. The summed E-state index contributed by atoms with van der Waals surface area (Å²) in [4.78, 5) is 16.5. The summed E-state index contributed by atoms with van der Waals surface area (Å²) in [7, 11) is -3.72. The molecule has 152 valence electrons. The Bertz CT molecular complexity index is 952. The van der Waals surface area contributed by atoms with Crippen LogP contribution < -0.4 is 11.1 Å². The SMILES string of the molecule is C[C@@]1(c2cc(NC(=O)CC3CC3)ccc2F)CS(=O)(=O)[C@]2(CCOC2)C(N)=N1. The highest BCUT2D eigenvalue weighted by molar-refractivity contribution is 7.93. The summed E-state index contributed by atoms with van der Waals surface area (Å²) in [5.41, 5.74) is 5.23. The number of carbonyl (C=O) groups excluding carboxylic acids is 1. The van der Waals surface area contributed by atoms with Gasteiger partial charge in [-0.15, -0.1) is 0 Å². The number of benzene rings is 1. The number of halogens is 1. The largest absolute Gasteiger partial charge is 0.386 e. The number of hydrogen-bond donors (Lipinski definition) is 2. The lowest BCUT2D eigenvalue weighted by Gasteiger charge is -2.39. The molecule has 2 fully saturated rings. The summed E-state index contributed by atoms with van der Waals surface area (Å²) in [5, 5.41) is 2.76. The quantitative estimate of drug-likeness (QED) is 0.787. The fraction of sp³-hybridized carbons (Fsp3) is 0.579. The molecule has 0 radical (unpaired) electrons. The van der Waals surface area contributed by atoms with E-state index in [1.807, 2.05) is 0 Å². The average molecular weight is 409 g/mol. The van der Waals surface area contributed by atoms with E-state index in [-0.39, 0.29) is 36.1 Å². The highest BCUT2D eigenvalue weighted by atomic mass is 32.2. The molecule has 1 aromatic carbocycles. The molecule has 7 nitrogen and oxygen atoms in total. The van der Waals surface area contributed by atoms with Crippen LogP contribution in [-0.2, 0) is 24.9 Å². The van der Waals surface area contributed by atoms with Crippen LogP contribution in [0.2, 0.25) is 0 Å². The molecule has 28 heavy (non-hydrogen) atoms. The van der Waals surface area contributed by atoms with Crippen LogP contribution in [0.3, 0.4) is 0 Å². The number of amides is 1. The molecule has 3 N–H and O–H groups in total. The average Bonchev–Trinajstić information content (AvgIpc) is 3.25. The van der Waals surface area contributed by atoms with Gasteiger partial charge in [0.2, 0.25) is 5.91 Å². The molecular weight excluding hydrogens is 385 g/mol. The molecule has 1 amide bonds. The second-order valence-corrected chi connectivity index (χ2v) is 10.5. The lowest BCUT2D eigenvalue weighted by molar-refractivity contribution is -0.116. The molecule has 0 unspecified atom stereocenters. The van der Waals surface area contributed by atoms with Crippen molar-refractivity contribution in [3.05, 3.63) is 29.6 Å². The first-order valence-electron chi connectivity index (χ1n) is 9.41. The minimum absolute atomic E-state index is 0.0273. The zero-order valence-corrected chi connectivity index (χ0v) is 16.5. The van der Waals surface area contributed by atoms with E-state index in [9.17, 15) is 17.6 Å². The number of rotatable bonds is 4. The Hall–Kier alpha value is -2.00. The zero-order valence-electron chi connectivity index (χ0n) is 15.7. The number of anilines is 1. The molecule has 1 spiro atoms. The highest BCUT2D eigenvalue weighted by Gasteiger charge is 2.57. The minimum Gasteiger partial charge on any atom is -0.386 e. The van der Waals surface area contributed by atoms with Crippen LogP contribution in [-0.4, -0.2) is 43.9 Å². The van der Waals surface area contributed by atoms with Gasteiger partial charge in [0.05, 0.1) is 12.4 Å². The van der Waals surface area contributed by atoms with Gasteiger partial charge in [0.25, 0.3) is 0 Å². The topological polar surface area (TPSA) is 111 Å². The molecule has 0 aromatic heterocycles. The van der Waals surface area contributed by atoms with Crippen LogP contribution in [0.4, 0.5) is 10.1 Å². The summed E-state index contributed by atoms with van der Waals surface area (Å²) < 4.78 is 44.8. The Morgan fingerprint density at radius 1 is 1.43 bits per heavy atom. The van der Waals surface area contributed by atoms with Crippen LogP contribution in [0.15, 0.2) is 23.2 Å². The van der Waals surface area contributed by atoms with Gasteiger partial charge in [0.15, 0.2) is 14.6 Å². The molecular formula is C19H24FN3O4S. The molecule has 1 aliphatic carbocycles. The Morgan fingerprint density at radius 2 is 2.18 bits per heavy atom. The standard InChI is InChI=1S/C19H24FN3O4S/c1-18(11-28(25,26)19(17(21)23-18)6-7-27-10-19)14-9-13(4-5-15(14)20)22-16(24)8-12-2-3-12/h4-5,9,12H,2-3,6-8,10-11H2,1H3,(H2,21,23)(H,22,24)/t18-,19-/m0/s1. The summed E-state index contributed by atoms with van der Waals surface area (Å²) in [6, 6.07) is 4.13. The predicted octanol–water partition coefficient (Wildman–Crippen LogP) is 1.72. The molecule has 9 heteroatoms. The molecule has 2 aliphatic heterocycles. The summed E-state index contributed by atoms with van der Waals surface area (Å²) in [6.45, 7) is 1.82. The number of carbonyl (C=O) groups is 1. The number of amidine groups is 1. The number of nitrogens with one attached hydrogen (secondary N) is 1. The van der Waals surface area contributed by atoms with E-state index in [2.05, 4.69) is 10.3 Å². The van der Waals surface area contributed by atoms with Crippen molar-refractivity contribution in [2.75, 3.05) is 24.3 Å². The van der Waals surface area contributed by atoms with Crippen LogP contribution in [0, 0.1) is 11.7 Å². The second kappa shape index (κ2) is 6.52. The maximum atomic E-state index is 14.7. The van der Waals surface area contributed by atoms with Gasteiger partial charge in [0.1, 0.15) is 17.2 Å². The van der Waals surface area contributed by atoms with Gasteiger partial charge in [-0.25, -0.2) is 12.8 Å². The van der Waals surface area contributed by atoms with Gasteiger partial charge in [-0.3, -0.25) is 9.79 Å².